The molecule has 1 atom stereocenters. The molecule has 0 aromatic carbocycles. The van der Waals surface area contributed by atoms with Gasteiger partial charge in [-0.05, 0) is 18.9 Å². The summed E-state index contributed by atoms with van der Waals surface area (Å²) in [4.78, 5) is 4.34. The van der Waals surface area contributed by atoms with Crippen molar-refractivity contribution in [1.29, 1.82) is 0 Å². The van der Waals surface area contributed by atoms with E-state index in [4.69, 9.17) is 10.3 Å². The second-order valence-corrected chi connectivity index (χ2v) is 4.35. The summed E-state index contributed by atoms with van der Waals surface area (Å²) < 4.78 is 7.01. The Morgan fingerprint density at radius 3 is 2.83 bits per heavy atom. The van der Waals surface area contributed by atoms with E-state index in [9.17, 15) is 0 Å². The maximum Gasteiger partial charge on any atom is 0.276 e. The van der Waals surface area contributed by atoms with Crippen LogP contribution in [0.3, 0.4) is 0 Å². The van der Waals surface area contributed by atoms with E-state index in [-0.39, 0.29) is 6.04 Å². The quantitative estimate of drug-likeness (QED) is 0.874. The summed E-state index contributed by atoms with van der Waals surface area (Å²) in [5.74, 6) is 1.04. The first kappa shape index (κ1) is 12.8. The predicted molar refractivity (Wildman–Crippen MR) is 67.7 cm³/mol. The van der Waals surface area contributed by atoms with Crippen LogP contribution < -0.4 is 5.73 Å². The van der Waals surface area contributed by atoms with E-state index in [2.05, 4.69) is 29.1 Å². The molecule has 0 bridgehead atoms. The van der Waals surface area contributed by atoms with Crippen molar-refractivity contribution in [3.63, 3.8) is 0 Å². The van der Waals surface area contributed by atoms with E-state index < -0.39 is 0 Å². The first-order chi connectivity index (χ1) is 8.65. The van der Waals surface area contributed by atoms with Crippen LogP contribution in [0.1, 0.15) is 44.2 Å². The first-order valence-electron chi connectivity index (χ1n) is 6.28. The molecule has 98 valence electrons. The third-order valence-electron chi connectivity index (χ3n) is 2.88. The average molecular weight is 249 g/mol. The normalized spacial score (nSPS) is 12.9. The van der Waals surface area contributed by atoms with Gasteiger partial charge in [0.1, 0.15) is 5.69 Å². The highest BCUT2D eigenvalue weighted by molar-refractivity contribution is 5.47. The van der Waals surface area contributed by atoms with Crippen molar-refractivity contribution in [2.24, 2.45) is 12.8 Å². The van der Waals surface area contributed by atoms with Crippen LogP contribution in [0.2, 0.25) is 0 Å². The number of nitrogens with two attached hydrogens (primary N) is 1. The third-order valence-corrected chi connectivity index (χ3v) is 2.88. The summed E-state index contributed by atoms with van der Waals surface area (Å²) in [6, 6.07) is 1.80. The Hall–Kier alpha value is -1.69. The fraction of sp³-hybridized carbons (Fsp3) is 0.583. The molecule has 2 N–H and O–H groups in total. The lowest BCUT2D eigenvalue weighted by Crippen LogP contribution is -2.11. The molecule has 1 unspecified atom stereocenters. The van der Waals surface area contributed by atoms with Crippen LogP contribution in [0.25, 0.3) is 11.6 Å². The van der Waals surface area contributed by atoms with Crippen molar-refractivity contribution >= 4 is 0 Å². The molecule has 6 heteroatoms. The number of rotatable bonds is 5. The van der Waals surface area contributed by atoms with E-state index in [1.54, 1.807) is 4.68 Å². The van der Waals surface area contributed by atoms with Crippen LogP contribution in [0, 0.1) is 0 Å². The highest BCUT2D eigenvalue weighted by Crippen LogP contribution is 2.20. The SMILES string of the molecule is CCCC(N)c1noc(-c2cc(CC)nn2C)n1. The molecule has 0 spiro atoms. The zero-order valence-corrected chi connectivity index (χ0v) is 11.1. The van der Waals surface area contributed by atoms with Crippen LogP contribution in [-0.2, 0) is 13.5 Å². The summed E-state index contributed by atoms with van der Waals surface area (Å²) in [7, 11) is 1.87. The van der Waals surface area contributed by atoms with Gasteiger partial charge in [0.2, 0.25) is 0 Å². The molecule has 2 aromatic heterocycles. The smallest absolute Gasteiger partial charge is 0.276 e. The van der Waals surface area contributed by atoms with Crippen LogP contribution in [-0.4, -0.2) is 19.9 Å². The highest BCUT2D eigenvalue weighted by Gasteiger charge is 2.17. The van der Waals surface area contributed by atoms with Gasteiger partial charge in [0.15, 0.2) is 5.82 Å². The minimum absolute atomic E-state index is 0.161. The molecule has 2 aromatic rings. The molecule has 0 aliphatic rings. The molecule has 6 nitrogen and oxygen atoms in total. The van der Waals surface area contributed by atoms with E-state index in [0.717, 1.165) is 30.7 Å². The van der Waals surface area contributed by atoms with Crippen LogP contribution in [0.5, 0.6) is 0 Å². The minimum atomic E-state index is -0.161. The molecule has 2 rings (SSSR count). The van der Waals surface area contributed by atoms with Gasteiger partial charge in [0, 0.05) is 7.05 Å². The second kappa shape index (κ2) is 5.30. The van der Waals surface area contributed by atoms with Crippen molar-refractivity contribution in [2.45, 2.75) is 39.2 Å². The van der Waals surface area contributed by atoms with E-state index in [1.165, 1.54) is 0 Å². The van der Waals surface area contributed by atoms with Gasteiger partial charge < -0.3 is 10.3 Å². The molecular weight excluding hydrogens is 230 g/mol. The minimum Gasteiger partial charge on any atom is -0.332 e. The Morgan fingerprint density at radius 1 is 1.44 bits per heavy atom. The lowest BCUT2D eigenvalue weighted by molar-refractivity contribution is 0.410. The Balaban J connectivity index is 2.26. The maximum atomic E-state index is 5.96. The maximum absolute atomic E-state index is 5.96. The fourth-order valence-electron chi connectivity index (χ4n) is 1.83. The van der Waals surface area contributed by atoms with Gasteiger partial charge in [-0.1, -0.05) is 25.4 Å². The van der Waals surface area contributed by atoms with Crippen LogP contribution >= 0.6 is 0 Å². The van der Waals surface area contributed by atoms with Crippen molar-refractivity contribution in [1.82, 2.24) is 19.9 Å². The van der Waals surface area contributed by atoms with E-state index in [0.29, 0.717) is 11.7 Å². The molecule has 18 heavy (non-hydrogen) atoms. The third kappa shape index (κ3) is 2.43. The number of hydrogen-bond acceptors (Lipinski definition) is 5. The number of hydrogen-bond donors (Lipinski definition) is 1. The van der Waals surface area contributed by atoms with Crippen LogP contribution in [0.4, 0.5) is 0 Å². The number of aryl methyl sites for hydroxylation is 2. The summed E-state index contributed by atoms with van der Waals surface area (Å²) in [6.07, 6.45) is 2.73. The van der Waals surface area contributed by atoms with Crippen molar-refractivity contribution < 1.29 is 4.52 Å². The van der Waals surface area contributed by atoms with Crippen molar-refractivity contribution in [2.75, 3.05) is 0 Å². The average Bonchev–Trinajstić information content (AvgIpc) is 2.95. The summed E-state index contributed by atoms with van der Waals surface area (Å²) in [5.41, 5.74) is 7.79. The Morgan fingerprint density at radius 2 is 2.22 bits per heavy atom. The van der Waals surface area contributed by atoms with Gasteiger partial charge in [0.05, 0.1) is 11.7 Å². The molecule has 0 radical (unpaired) electrons. The fourth-order valence-corrected chi connectivity index (χ4v) is 1.83. The lowest BCUT2D eigenvalue weighted by atomic mass is 10.2. The topological polar surface area (TPSA) is 82.8 Å². The van der Waals surface area contributed by atoms with Gasteiger partial charge in [-0.25, -0.2) is 0 Å². The van der Waals surface area contributed by atoms with Gasteiger partial charge in [0.25, 0.3) is 5.89 Å². The molecule has 0 aliphatic heterocycles. The largest absolute Gasteiger partial charge is 0.332 e. The molecule has 0 saturated carbocycles. The van der Waals surface area contributed by atoms with Gasteiger partial charge >= 0.3 is 0 Å². The zero-order valence-electron chi connectivity index (χ0n) is 11.1. The lowest BCUT2D eigenvalue weighted by Gasteiger charge is -2.02. The summed E-state index contributed by atoms with van der Waals surface area (Å²) in [5, 5.41) is 8.29. The molecule has 0 fully saturated rings. The van der Waals surface area contributed by atoms with Gasteiger partial charge in [-0.3, -0.25) is 4.68 Å². The molecule has 0 aliphatic carbocycles. The van der Waals surface area contributed by atoms with Gasteiger partial charge in [-0.15, -0.1) is 0 Å². The van der Waals surface area contributed by atoms with Crippen molar-refractivity contribution in [3.8, 4) is 11.6 Å². The zero-order chi connectivity index (χ0) is 13.1. The molecule has 0 amide bonds. The molecule has 2 heterocycles. The van der Waals surface area contributed by atoms with Crippen LogP contribution in [0.15, 0.2) is 10.6 Å². The first-order valence-corrected chi connectivity index (χ1v) is 6.28. The Kier molecular flexibility index (Phi) is 3.76. The van der Waals surface area contributed by atoms with Crippen molar-refractivity contribution in [3.05, 3.63) is 17.6 Å². The number of aromatic nitrogens is 4. The molecular formula is C12H19N5O. The van der Waals surface area contributed by atoms with E-state index in [1.807, 2.05) is 13.1 Å². The predicted octanol–water partition coefficient (Wildman–Crippen LogP) is 1.83. The van der Waals surface area contributed by atoms with E-state index >= 15 is 0 Å². The Labute approximate surface area is 106 Å². The standard InChI is InChI=1S/C12H19N5O/c1-4-6-9(13)11-14-12(18-16-11)10-7-8(5-2)15-17(10)3/h7,9H,4-6,13H2,1-3H3. The number of nitrogens with zero attached hydrogens (tertiary/aromatic N) is 4. The highest BCUT2D eigenvalue weighted by atomic mass is 16.5. The monoisotopic (exact) mass is 249 g/mol. The summed E-state index contributed by atoms with van der Waals surface area (Å²) >= 11 is 0. The molecule has 0 saturated heterocycles. The summed E-state index contributed by atoms with van der Waals surface area (Å²) in [6.45, 7) is 4.14. The van der Waals surface area contributed by atoms with Gasteiger partial charge in [-0.2, -0.15) is 10.1 Å². The second-order valence-electron chi connectivity index (χ2n) is 4.35. The Bertz CT molecular complexity index is 516.